The van der Waals surface area contributed by atoms with Crippen molar-refractivity contribution in [1.29, 1.82) is 0 Å². The van der Waals surface area contributed by atoms with Crippen LogP contribution < -0.4 is 10.1 Å². The smallest absolute Gasteiger partial charge is 0.261 e. The minimum Gasteiger partial charge on any atom is -0.481 e. The summed E-state index contributed by atoms with van der Waals surface area (Å²) in [5.41, 5.74) is 1.78. The van der Waals surface area contributed by atoms with Crippen molar-refractivity contribution in [2.75, 3.05) is 6.61 Å². The largest absolute Gasteiger partial charge is 0.481 e. The van der Waals surface area contributed by atoms with Crippen LogP contribution in [0.4, 0.5) is 4.39 Å². The van der Waals surface area contributed by atoms with Crippen molar-refractivity contribution in [3.63, 3.8) is 0 Å². The van der Waals surface area contributed by atoms with Crippen molar-refractivity contribution in [3.05, 3.63) is 100 Å². The van der Waals surface area contributed by atoms with Crippen LogP contribution in [-0.2, 0) is 22.6 Å². The van der Waals surface area contributed by atoms with E-state index >= 15 is 0 Å². The first-order valence-corrected chi connectivity index (χ1v) is 12.4. The fourth-order valence-corrected chi connectivity index (χ4v) is 4.06. The average molecular weight is 541 g/mol. The molecule has 0 saturated heterocycles. The molecule has 0 saturated carbocycles. The molecule has 0 bridgehead atoms. The number of para-hydroxylation sites is 1. The summed E-state index contributed by atoms with van der Waals surface area (Å²) in [4.78, 5) is 28.4. The lowest BCUT2D eigenvalue weighted by Crippen LogP contribution is -2.53. The molecule has 0 aliphatic heterocycles. The molecule has 0 unspecified atom stereocenters. The lowest BCUT2D eigenvalue weighted by atomic mass is 10.0. The SMILES string of the molecule is CC[C@H](C)NC(=O)[C@@H](Cc1ccccc1)N(Cc1cccc(Br)c1)C(=O)COc1ccccc1F. The van der Waals surface area contributed by atoms with E-state index in [0.29, 0.717) is 6.42 Å². The Morgan fingerprint density at radius 3 is 2.37 bits per heavy atom. The number of hydrogen-bond donors (Lipinski definition) is 1. The molecule has 0 aromatic heterocycles. The normalized spacial score (nSPS) is 12.5. The Morgan fingerprint density at radius 1 is 1.00 bits per heavy atom. The zero-order valence-electron chi connectivity index (χ0n) is 19.9. The van der Waals surface area contributed by atoms with E-state index in [2.05, 4.69) is 21.2 Å². The first-order valence-electron chi connectivity index (χ1n) is 11.6. The van der Waals surface area contributed by atoms with Crippen molar-refractivity contribution in [2.45, 2.75) is 45.3 Å². The van der Waals surface area contributed by atoms with Crippen LogP contribution in [0.2, 0.25) is 0 Å². The zero-order chi connectivity index (χ0) is 25.2. The van der Waals surface area contributed by atoms with Crippen LogP contribution >= 0.6 is 15.9 Å². The molecule has 0 aliphatic carbocycles. The quantitative estimate of drug-likeness (QED) is 0.348. The van der Waals surface area contributed by atoms with E-state index in [4.69, 9.17) is 4.74 Å². The molecule has 184 valence electrons. The summed E-state index contributed by atoms with van der Waals surface area (Å²) in [7, 11) is 0. The van der Waals surface area contributed by atoms with E-state index in [1.165, 1.54) is 17.0 Å². The molecule has 3 aromatic rings. The maximum Gasteiger partial charge on any atom is 0.261 e. The molecule has 35 heavy (non-hydrogen) atoms. The second-order valence-electron chi connectivity index (χ2n) is 8.39. The molecule has 0 heterocycles. The van der Waals surface area contributed by atoms with Crippen molar-refractivity contribution < 1.29 is 18.7 Å². The number of nitrogens with zero attached hydrogens (tertiary/aromatic N) is 1. The molecule has 1 N–H and O–H groups in total. The maximum atomic E-state index is 14.1. The Labute approximate surface area is 214 Å². The fourth-order valence-electron chi connectivity index (χ4n) is 3.61. The zero-order valence-corrected chi connectivity index (χ0v) is 21.5. The third-order valence-electron chi connectivity index (χ3n) is 5.70. The summed E-state index contributed by atoms with van der Waals surface area (Å²) in [6.45, 7) is 3.73. The summed E-state index contributed by atoms with van der Waals surface area (Å²) in [6.07, 6.45) is 1.10. The molecule has 5 nitrogen and oxygen atoms in total. The van der Waals surface area contributed by atoms with Gasteiger partial charge in [-0.2, -0.15) is 0 Å². The molecule has 0 aliphatic rings. The average Bonchev–Trinajstić information content (AvgIpc) is 2.86. The van der Waals surface area contributed by atoms with E-state index in [1.807, 2.05) is 68.4 Å². The van der Waals surface area contributed by atoms with E-state index in [-0.39, 0.29) is 24.2 Å². The second-order valence-corrected chi connectivity index (χ2v) is 9.31. The summed E-state index contributed by atoms with van der Waals surface area (Å²) in [5.74, 6) is -1.20. The number of benzene rings is 3. The van der Waals surface area contributed by atoms with Crippen LogP contribution in [-0.4, -0.2) is 35.4 Å². The molecule has 0 fully saturated rings. The van der Waals surface area contributed by atoms with Crippen molar-refractivity contribution in [2.24, 2.45) is 0 Å². The third kappa shape index (κ3) is 7.92. The van der Waals surface area contributed by atoms with E-state index in [9.17, 15) is 14.0 Å². The lowest BCUT2D eigenvalue weighted by molar-refractivity contribution is -0.143. The number of amides is 2. The van der Waals surface area contributed by atoms with Gasteiger partial charge in [-0.3, -0.25) is 9.59 Å². The number of carbonyl (C=O) groups excluding carboxylic acids is 2. The molecular weight excluding hydrogens is 511 g/mol. The Bertz CT molecular complexity index is 1130. The lowest BCUT2D eigenvalue weighted by Gasteiger charge is -2.32. The van der Waals surface area contributed by atoms with Crippen LogP contribution in [0.5, 0.6) is 5.75 Å². The second kappa shape index (κ2) is 13.0. The van der Waals surface area contributed by atoms with E-state index in [1.54, 1.807) is 12.1 Å². The summed E-state index contributed by atoms with van der Waals surface area (Å²) >= 11 is 3.47. The molecule has 3 aromatic carbocycles. The third-order valence-corrected chi connectivity index (χ3v) is 6.20. The van der Waals surface area contributed by atoms with Gasteiger partial charge < -0.3 is 15.0 Å². The number of rotatable bonds is 11. The Kier molecular flexibility index (Phi) is 9.85. The van der Waals surface area contributed by atoms with Crippen molar-refractivity contribution >= 4 is 27.7 Å². The highest BCUT2D eigenvalue weighted by Crippen LogP contribution is 2.20. The van der Waals surface area contributed by atoms with Crippen LogP contribution in [0.1, 0.15) is 31.4 Å². The minimum absolute atomic E-state index is 0.00748. The molecule has 7 heteroatoms. The fraction of sp³-hybridized carbons (Fsp3) is 0.286. The van der Waals surface area contributed by atoms with Gasteiger partial charge in [-0.15, -0.1) is 0 Å². The van der Waals surface area contributed by atoms with Gasteiger partial charge >= 0.3 is 0 Å². The number of nitrogens with one attached hydrogen (secondary N) is 1. The van der Waals surface area contributed by atoms with Gasteiger partial charge in [0, 0.05) is 23.5 Å². The topological polar surface area (TPSA) is 58.6 Å². The first kappa shape index (κ1) is 26.4. The van der Waals surface area contributed by atoms with Gasteiger partial charge in [0.1, 0.15) is 6.04 Å². The highest BCUT2D eigenvalue weighted by molar-refractivity contribution is 9.10. The summed E-state index contributed by atoms with van der Waals surface area (Å²) in [5, 5.41) is 3.02. The maximum absolute atomic E-state index is 14.1. The van der Waals surface area contributed by atoms with Crippen LogP contribution in [0.3, 0.4) is 0 Å². The van der Waals surface area contributed by atoms with Crippen molar-refractivity contribution in [3.8, 4) is 5.75 Å². The standard InChI is InChI=1S/C28H30BrFN2O3/c1-3-20(2)31-28(34)25(17-21-10-5-4-6-11-21)32(18-22-12-9-13-23(29)16-22)27(33)19-35-26-15-8-7-14-24(26)30/h4-16,20,25H,3,17-19H2,1-2H3,(H,31,34)/t20-,25+/m0/s1. The summed E-state index contributed by atoms with van der Waals surface area (Å²) < 4.78 is 20.5. The van der Waals surface area contributed by atoms with Gasteiger partial charge in [-0.25, -0.2) is 4.39 Å². The monoisotopic (exact) mass is 540 g/mol. The van der Waals surface area contributed by atoms with E-state index < -0.39 is 24.4 Å². The van der Waals surface area contributed by atoms with Crippen LogP contribution in [0.15, 0.2) is 83.3 Å². The van der Waals surface area contributed by atoms with Crippen molar-refractivity contribution in [1.82, 2.24) is 10.2 Å². The van der Waals surface area contributed by atoms with Gasteiger partial charge in [-0.1, -0.05) is 77.5 Å². The van der Waals surface area contributed by atoms with Gasteiger partial charge in [0.05, 0.1) is 0 Å². The number of hydrogen-bond acceptors (Lipinski definition) is 3. The van der Waals surface area contributed by atoms with Gasteiger partial charge in [0.25, 0.3) is 5.91 Å². The van der Waals surface area contributed by atoms with Crippen LogP contribution in [0, 0.1) is 5.82 Å². The Hall–Kier alpha value is -3.19. The number of carbonyl (C=O) groups is 2. The van der Waals surface area contributed by atoms with Gasteiger partial charge in [-0.05, 0) is 48.7 Å². The molecular formula is C28H30BrFN2O3. The molecule has 0 radical (unpaired) electrons. The molecule has 2 atom stereocenters. The predicted molar refractivity (Wildman–Crippen MR) is 138 cm³/mol. The highest BCUT2D eigenvalue weighted by Gasteiger charge is 2.31. The number of halogens is 2. The Morgan fingerprint density at radius 2 is 1.69 bits per heavy atom. The van der Waals surface area contributed by atoms with Gasteiger partial charge in [0.2, 0.25) is 5.91 Å². The minimum atomic E-state index is -0.776. The van der Waals surface area contributed by atoms with Gasteiger partial charge in [0.15, 0.2) is 18.2 Å². The molecule has 3 rings (SSSR count). The molecule has 2 amide bonds. The predicted octanol–water partition coefficient (Wildman–Crippen LogP) is 5.52. The number of ether oxygens (including phenoxy) is 1. The van der Waals surface area contributed by atoms with E-state index in [0.717, 1.165) is 22.0 Å². The molecule has 0 spiro atoms. The first-order chi connectivity index (χ1) is 16.9. The Balaban J connectivity index is 1.92. The summed E-state index contributed by atoms with van der Waals surface area (Å²) in [6, 6.07) is 22.3. The highest BCUT2D eigenvalue weighted by atomic mass is 79.9. The van der Waals surface area contributed by atoms with Crippen LogP contribution in [0.25, 0.3) is 0 Å².